The second-order valence-electron chi connectivity index (χ2n) is 3.98. The molecule has 1 atom stereocenters. The van der Waals surface area contributed by atoms with E-state index < -0.39 is 14.9 Å². The molecule has 1 aromatic carbocycles. The molecule has 1 saturated heterocycles. The van der Waals surface area contributed by atoms with Gasteiger partial charge in [0, 0.05) is 17.3 Å². The van der Waals surface area contributed by atoms with Crippen molar-refractivity contribution in [3.63, 3.8) is 0 Å². The Balaban J connectivity index is 2.05. The second-order valence-corrected chi connectivity index (χ2v) is 6.54. The third-order valence-electron chi connectivity index (χ3n) is 2.63. The van der Waals surface area contributed by atoms with Crippen molar-refractivity contribution in [1.29, 1.82) is 0 Å². The van der Waals surface area contributed by atoms with Crippen molar-refractivity contribution in [3.05, 3.63) is 24.0 Å². The summed E-state index contributed by atoms with van der Waals surface area (Å²) in [5.41, 5.74) is 0. The van der Waals surface area contributed by atoms with E-state index in [1.807, 2.05) is 0 Å². The van der Waals surface area contributed by atoms with Crippen molar-refractivity contribution in [1.82, 2.24) is 0 Å². The first-order chi connectivity index (χ1) is 8.47. The molecule has 0 aliphatic carbocycles. The summed E-state index contributed by atoms with van der Waals surface area (Å²) in [5, 5.41) is 0. The molecule has 100 valence electrons. The van der Waals surface area contributed by atoms with E-state index in [-0.39, 0.29) is 23.4 Å². The number of rotatable bonds is 4. The summed E-state index contributed by atoms with van der Waals surface area (Å²) in [6.45, 7) is 0.948. The topological polar surface area (TPSA) is 52.6 Å². The van der Waals surface area contributed by atoms with Crippen LogP contribution in [0.25, 0.3) is 0 Å². The quantitative estimate of drug-likeness (QED) is 0.800. The predicted molar refractivity (Wildman–Crippen MR) is 63.9 cm³/mol. The van der Waals surface area contributed by atoms with Crippen LogP contribution in [0, 0.1) is 5.82 Å². The van der Waals surface area contributed by atoms with Crippen molar-refractivity contribution in [2.45, 2.75) is 23.8 Å². The van der Waals surface area contributed by atoms with E-state index in [4.69, 9.17) is 20.2 Å². The minimum absolute atomic E-state index is 0.00503. The summed E-state index contributed by atoms with van der Waals surface area (Å²) < 4.78 is 46.1. The molecule has 1 heterocycles. The lowest BCUT2D eigenvalue weighted by molar-refractivity contribution is 0.0665. The summed E-state index contributed by atoms with van der Waals surface area (Å²) >= 11 is 0. The maximum atomic E-state index is 13.6. The van der Waals surface area contributed by atoms with Crippen LogP contribution in [-0.2, 0) is 13.8 Å². The SMILES string of the molecule is O=S(=O)(Cl)c1ccc(OCC2CCCO2)c(F)c1. The molecule has 1 fully saturated rings. The number of benzene rings is 1. The molecule has 0 N–H and O–H groups in total. The number of hydrogen-bond donors (Lipinski definition) is 0. The van der Waals surface area contributed by atoms with Crippen molar-refractivity contribution < 1.29 is 22.3 Å². The van der Waals surface area contributed by atoms with E-state index in [2.05, 4.69) is 0 Å². The molecule has 7 heteroatoms. The molecule has 2 rings (SSSR count). The summed E-state index contributed by atoms with van der Waals surface area (Å²) in [6, 6.07) is 3.29. The van der Waals surface area contributed by atoms with E-state index in [1.54, 1.807) is 0 Å². The third-order valence-corrected chi connectivity index (χ3v) is 3.99. The molecule has 1 aromatic rings. The van der Waals surface area contributed by atoms with E-state index in [9.17, 15) is 12.8 Å². The van der Waals surface area contributed by atoms with Gasteiger partial charge in [-0.1, -0.05) is 0 Å². The molecule has 4 nitrogen and oxygen atoms in total. The van der Waals surface area contributed by atoms with Gasteiger partial charge in [-0.25, -0.2) is 12.8 Å². The standard InChI is InChI=1S/C11H12ClFO4S/c12-18(14,15)9-3-4-11(10(13)6-9)17-7-8-2-1-5-16-8/h3-4,6,8H,1-2,5,7H2. The van der Waals surface area contributed by atoms with Crippen molar-refractivity contribution >= 4 is 19.7 Å². The summed E-state index contributed by atoms with van der Waals surface area (Å²) in [6.07, 6.45) is 1.83. The van der Waals surface area contributed by atoms with Crippen LogP contribution in [0.4, 0.5) is 4.39 Å². The molecule has 1 aliphatic heterocycles. The Morgan fingerprint density at radius 2 is 2.28 bits per heavy atom. The van der Waals surface area contributed by atoms with Crippen molar-refractivity contribution in [2.24, 2.45) is 0 Å². The lowest BCUT2D eigenvalue weighted by atomic mass is 10.2. The minimum atomic E-state index is -3.92. The van der Waals surface area contributed by atoms with Gasteiger partial charge in [0.05, 0.1) is 11.0 Å². The molecule has 0 spiro atoms. The van der Waals surface area contributed by atoms with Crippen LogP contribution in [0.5, 0.6) is 5.75 Å². The molecule has 1 unspecified atom stereocenters. The fraction of sp³-hybridized carbons (Fsp3) is 0.455. The lowest BCUT2D eigenvalue weighted by Gasteiger charge is -2.12. The normalized spacial score (nSPS) is 20.0. The van der Waals surface area contributed by atoms with Gasteiger partial charge in [0.25, 0.3) is 9.05 Å². The molecule has 18 heavy (non-hydrogen) atoms. The fourth-order valence-electron chi connectivity index (χ4n) is 1.71. The Bertz CT molecular complexity index is 526. The molecular weight excluding hydrogens is 283 g/mol. The van der Waals surface area contributed by atoms with E-state index in [0.717, 1.165) is 18.9 Å². The van der Waals surface area contributed by atoms with Gasteiger partial charge in [0.15, 0.2) is 11.6 Å². The highest BCUT2D eigenvalue weighted by Gasteiger charge is 2.18. The highest BCUT2D eigenvalue weighted by atomic mass is 35.7. The monoisotopic (exact) mass is 294 g/mol. The maximum absolute atomic E-state index is 13.6. The second kappa shape index (κ2) is 5.42. The highest BCUT2D eigenvalue weighted by molar-refractivity contribution is 8.13. The minimum Gasteiger partial charge on any atom is -0.488 e. The van der Waals surface area contributed by atoms with Gasteiger partial charge in [0.1, 0.15) is 6.61 Å². The Kier molecular flexibility index (Phi) is 4.09. The first kappa shape index (κ1) is 13.6. The number of halogens is 2. The van der Waals surface area contributed by atoms with Crippen LogP contribution in [0.1, 0.15) is 12.8 Å². The van der Waals surface area contributed by atoms with Crippen LogP contribution < -0.4 is 4.74 Å². The zero-order valence-corrected chi connectivity index (χ0v) is 11.0. The maximum Gasteiger partial charge on any atom is 0.261 e. The van der Waals surface area contributed by atoms with Crippen LogP contribution in [0.3, 0.4) is 0 Å². The predicted octanol–water partition coefficient (Wildman–Crippen LogP) is 2.31. The zero-order chi connectivity index (χ0) is 13.2. The first-order valence-corrected chi connectivity index (χ1v) is 7.76. The van der Waals surface area contributed by atoms with Crippen LogP contribution in [-0.4, -0.2) is 27.7 Å². The van der Waals surface area contributed by atoms with Crippen LogP contribution in [0.15, 0.2) is 23.1 Å². The van der Waals surface area contributed by atoms with Gasteiger partial charge in [-0.05, 0) is 31.0 Å². The molecule has 0 saturated carbocycles. The third kappa shape index (κ3) is 3.34. The fourth-order valence-corrected chi connectivity index (χ4v) is 2.47. The van der Waals surface area contributed by atoms with E-state index >= 15 is 0 Å². The number of hydrogen-bond acceptors (Lipinski definition) is 4. The summed E-state index contributed by atoms with van der Waals surface area (Å²) in [7, 11) is 1.19. The Labute approximate surface area is 109 Å². The van der Waals surface area contributed by atoms with Gasteiger partial charge in [0.2, 0.25) is 0 Å². The van der Waals surface area contributed by atoms with E-state index in [1.165, 1.54) is 12.1 Å². The molecule has 0 bridgehead atoms. The van der Waals surface area contributed by atoms with Crippen LogP contribution in [0.2, 0.25) is 0 Å². The molecule has 0 amide bonds. The van der Waals surface area contributed by atoms with E-state index in [0.29, 0.717) is 6.61 Å². The average Bonchev–Trinajstić information content (AvgIpc) is 2.79. The van der Waals surface area contributed by atoms with Crippen LogP contribution >= 0.6 is 10.7 Å². The first-order valence-electron chi connectivity index (χ1n) is 5.45. The molecular formula is C11H12ClFO4S. The van der Waals surface area contributed by atoms with Crippen molar-refractivity contribution in [3.8, 4) is 5.75 Å². The Hall–Kier alpha value is -0.850. The van der Waals surface area contributed by atoms with Gasteiger partial charge in [-0.15, -0.1) is 0 Å². The lowest BCUT2D eigenvalue weighted by Crippen LogP contribution is -2.16. The van der Waals surface area contributed by atoms with Crippen molar-refractivity contribution in [2.75, 3.05) is 13.2 Å². The summed E-state index contributed by atoms with van der Waals surface area (Å²) in [5.74, 6) is -0.760. The summed E-state index contributed by atoms with van der Waals surface area (Å²) in [4.78, 5) is -0.286. The van der Waals surface area contributed by atoms with Gasteiger partial charge in [-0.3, -0.25) is 0 Å². The van der Waals surface area contributed by atoms with Gasteiger partial charge >= 0.3 is 0 Å². The highest BCUT2D eigenvalue weighted by Crippen LogP contribution is 2.24. The Morgan fingerprint density at radius 1 is 1.50 bits per heavy atom. The molecule has 0 aromatic heterocycles. The largest absolute Gasteiger partial charge is 0.488 e. The van der Waals surface area contributed by atoms with Gasteiger partial charge < -0.3 is 9.47 Å². The molecule has 0 radical (unpaired) electrons. The average molecular weight is 295 g/mol. The smallest absolute Gasteiger partial charge is 0.261 e. The zero-order valence-electron chi connectivity index (χ0n) is 9.43. The van der Waals surface area contributed by atoms with Gasteiger partial charge in [-0.2, -0.15) is 0 Å². The Morgan fingerprint density at radius 3 is 2.83 bits per heavy atom. The molecule has 1 aliphatic rings. The number of ether oxygens (including phenoxy) is 2.